The Balaban J connectivity index is 2.09. The fourth-order valence-corrected chi connectivity index (χ4v) is 3.20. The van der Waals surface area contributed by atoms with Gasteiger partial charge in [0.15, 0.2) is 11.5 Å². The molecule has 1 aliphatic rings. The zero-order valence-electron chi connectivity index (χ0n) is 12.5. The lowest BCUT2D eigenvalue weighted by molar-refractivity contribution is -0.134. The smallest absolute Gasteiger partial charge is 0.336 e. The summed E-state index contributed by atoms with van der Waals surface area (Å²) in [6, 6.07) is 8.21. The van der Waals surface area contributed by atoms with Crippen molar-refractivity contribution >= 4 is 28.8 Å². The van der Waals surface area contributed by atoms with Gasteiger partial charge in [0.1, 0.15) is 13.2 Å². The topological polar surface area (TPSA) is 93.1 Å². The first-order valence-corrected chi connectivity index (χ1v) is 8.06. The van der Waals surface area contributed by atoms with Crippen LogP contribution in [0.5, 0.6) is 11.5 Å². The van der Waals surface area contributed by atoms with Gasteiger partial charge in [-0.2, -0.15) is 0 Å². The summed E-state index contributed by atoms with van der Waals surface area (Å²) in [4.78, 5) is 24.2. The van der Waals surface area contributed by atoms with Crippen LogP contribution in [-0.2, 0) is 16.0 Å². The lowest BCUT2D eigenvalue weighted by Gasteiger charge is -2.19. The molecule has 2 N–H and O–H groups in total. The molecule has 1 aromatic carbocycles. The summed E-state index contributed by atoms with van der Waals surface area (Å²) in [6.45, 7) is 0.788. The van der Waals surface area contributed by atoms with Crippen LogP contribution in [0, 0.1) is 0 Å². The Hall–Kier alpha value is -2.80. The normalized spacial score (nSPS) is 14.0. The van der Waals surface area contributed by atoms with Crippen LogP contribution < -0.4 is 9.47 Å². The molecule has 3 rings (SSSR count). The Morgan fingerprint density at radius 2 is 1.79 bits per heavy atom. The van der Waals surface area contributed by atoms with E-state index in [-0.39, 0.29) is 23.1 Å². The maximum Gasteiger partial charge on any atom is 0.336 e. The maximum atomic E-state index is 11.8. The third kappa shape index (κ3) is 3.26. The van der Waals surface area contributed by atoms with Crippen molar-refractivity contribution in [2.75, 3.05) is 13.2 Å². The van der Waals surface area contributed by atoms with Crippen molar-refractivity contribution < 1.29 is 29.3 Å². The number of rotatable bonds is 5. The average Bonchev–Trinajstić information content (AvgIpc) is 3.07. The molecule has 124 valence electrons. The molecule has 1 aliphatic heterocycles. The summed E-state index contributed by atoms with van der Waals surface area (Å²) in [5, 5.41) is 20.9. The highest BCUT2D eigenvalue weighted by molar-refractivity contribution is 7.09. The van der Waals surface area contributed by atoms with Crippen LogP contribution in [0.25, 0.3) is 5.57 Å². The SMILES string of the molecule is O=C(O)/C(Cc1cccs1)=C(\C(=O)O)c1ccc2c(c1)OCCO2. The van der Waals surface area contributed by atoms with Crippen molar-refractivity contribution in [1.29, 1.82) is 0 Å². The molecule has 24 heavy (non-hydrogen) atoms. The maximum absolute atomic E-state index is 11.8. The molecule has 0 unspecified atom stereocenters. The molecule has 0 fully saturated rings. The highest BCUT2D eigenvalue weighted by atomic mass is 32.1. The molecule has 0 amide bonds. The Kier molecular flexibility index (Phi) is 4.52. The first-order valence-electron chi connectivity index (χ1n) is 7.18. The molecule has 0 saturated carbocycles. The largest absolute Gasteiger partial charge is 0.486 e. The van der Waals surface area contributed by atoms with E-state index in [9.17, 15) is 19.8 Å². The predicted molar refractivity (Wildman–Crippen MR) is 87.6 cm³/mol. The molecular weight excluding hydrogens is 332 g/mol. The average molecular weight is 346 g/mol. The molecule has 0 saturated heterocycles. The van der Waals surface area contributed by atoms with Crippen molar-refractivity contribution in [1.82, 2.24) is 0 Å². The molecule has 1 aromatic heterocycles. The number of hydrogen-bond acceptors (Lipinski definition) is 5. The highest BCUT2D eigenvalue weighted by Gasteiger charge is 2.24. The minimum atomic E-state index is -1.29. The summed E-state index contributed by atoms with van der Waals surface area (Å²) in [7, 11) is 0. The molecular formula is C17H14O6S. The van der Waals surface area contributed by atoms with E-state index in [1.165, 1.54) is 23.5 Å². The van der Waals surface area contributed by atoms with E-state index in [0.29, 0.717) is 24.7 Å². The van der Waals surface area contributed by atoms with Crippen LogP contribution in [0.1, 0.15) is 10.4 Å². The Morgan fingerprint density at radius 3 is 2.42 bits per heavy atom. The summed E-state index contributed by atoms with van der Waals surface area (Å²) >= 11 is 1.38. The van der Waals surface area contributed by atoms with Crippen molar-refractivity contribution in [3.05, 3.63) is 51.7 Å². The summed E-state index contributed by atoms with van der Waals surface area (Å²) in [5.41, 5.74) is -0.129. The van der Waals surface area contributed by atoms with Gasteiger partial charge in [-0.25, -0.2) is 9.59 Å². The lowest BCUT2D eigenvalue weighted by atomic mass is 9.96. The highest BCUT2D eigenvalue weighted by Crippen LogP contribution is 2.34. The Labute approximate surface area is 141 Å². The minimum Gasteiger partial charge on any atom is -0.486 e. The van der Waals surface area contributed by atoms with Gasteiger partial charge in [0, 0.05) is 11.3 Å². The molecule has 7 heteroatoms. The first-order chi connectivity index (χ1) is 11.6. The van der Waals surface area contributed by atoms with Crippen LogP contribution in [0.4, 0.5) is 0 Å². The van der Waals surface area contributed by atoms with Gasteiger partial charge in [-0.1, -0.05) is 12.1 Å². The molecule has 2 heterocycles. The van der Waals surface area contributed by atoms with Crippen LogP contribution in [-0.4, -0.2) is 35.4 Å². The summed E-state index contributed by atoms with van der Waals surface area (Å²) in [6.07, 6.45) is 0.0447. The molecule has 0 aliphatic carbocycles. The van der Waals surface area contributed by atoms with Gasteiger partial charge in [-0.05, 0) is 29.1 Å². The quantitative estimate of drug-likeness (QED) is 0.809. The summed E-state index contributed by atoms with van der Waals surface area (Å²) in [5.74, 6) is -1.61. The zero-order valence-corrected chi connectivity index (χ0v) is 13.3. The molecule has 0 spiro atoms. The Bertz CT molecular complexity index is 806. The number of carboxylic acids is 2. The van der Waals surface area contributed by atoms with Crippen LogP contribution in [0.2, 0.25) is 0 Å². The van der Waals surface area contributed by atoms with E-state index in [1.54, 1.807) is 18.2 Å². The van der Waals surface area contributed by atoms with E-state index < -0.39 is 11.9 Å². The van der Waals surface area contributed by atoms with E-state index >= 15 is 0 Å². The fraction of sp³-hybridized carbons (Fsp3) is 0.176. The standard InChI is InChI=1S/C17H14O6S/c18-16(19)12(9-11-2-1-7-24-11)15(17(20)21)10-3-4-13-14(8-10)23-6-5-22-13/h1-4,7-8H,5-6,9H2,(H,18,19)(H,20,21)/b15-12-. The van der Waals surface area contributed by atoms with Crippen LogP contribution in [0.3, 0.4) is 0 Å². The molecule has 2 aromatic rings. The second-order valence-corrected chi connectivity index (χ2v) is 6.11. The number of carboxylic acid groups (broad SMARTS) is 2. The number of benzene rings is 1. The van der Waals surface area contributed by atoms with E-state index in [0.717, 1.165) is 4.88 Å². The van der Waals surface area contributed by atoms with Gasteiger partial charge < -0.3 is 19.7 Å². The number of aliphatic carboxylic acids is 2. The van der Waals surface area contributed by atoms with Crippen molar-refractivity contribution in [3.8, 4) is 11.5 Å². The van der Waals surface area contributed by atoms with Gasteiger partial charge in [-0.15, -0.1) is 11.3 Å². The van der Waals surface area contributed by atoms with Gasteiger partial charge in [0.2, 0.25) is 0 Å². The number of thiophene rings is 1. The zero-order chi connectivity index (χ0) is 17.1. The second-order valence-electron chi connectivity index (χ2n) is 5.08. The number of fused-ring (bicyclic) bond motifs is 1. The third-order valence-electron chi connectivity index (χ3n) is 3.54. The first kappa shape index (κ1) is 16.1. The van der Waals surface area contributed by atoms with Crippen LogP contribution >= 0.6 is 11.3 Å². The monoisotopic (exact) mass is 346 g/mol. The minimum absolute atomic E-state index is 0.0447. The molecule has 0 atom stereocenters. The van der Waals surface area contributed by atoms with E-state index in [2.05, 4.69) is 0 Å². The number of hydrogen-bond donors (Lipinski definition) is 2. The van der Waals surface area contributed by atoms with Gasteiger partial charge in [0.25, 0.3) is 0 Å². The van der Waals surface area contributed by atoms with Crippen molar-refractivity contribution in [2.24, 2.45) is 0 Å². The number of ether oxygens (including phenoxy) is 2. The van der Waals surface area contributed by atoms with Gasteiger partial charge in [0.05, 0.1) is 11.1 Å². The second kappa shape index (κ2) is 6.76. The van der Waals surface area contributed by atoms with Crippen LogP contribution in [0.15, 0.2) is 41.3 Å². The summed E-state index contributed by atoms with van der Waals surface area (Å²) < 4.78 is 10.9. The van der Waals surface area contributed by atoms with Crippen molar-refractivity contribution in [2.45, 2.75) is 6.42 Å². The van der Waals surface area contributed by atoms with E-state index in [1.807, 2.05) is 5.38 Å². The van der Waals surface area contributed by atoms with Gasteiger partial charge >= 0.3 is 11.9 Å². The molecule has 0 bridgehead atoms. The lowest BCUT2D eigenvalue weighted by Crippen LogP contribution is -2.16. The third-order valence-corrected chi connectivity index (χ3v) is 4.41. The predicted octanol–water partition coefficient (Wildman–Crippen LogP) is 2.68. The fourth-order valence-electron chi connectivity index (χ4n) is 2.48. The van der Waals surface area contributed by atoms with E-state index in [4.69, 9.17) is 9.47 Å². The Morgan fingerprint density at radius 1 is 1.04 bits per heavy atom. The van der Waals surface area contributed by atoms with Crippen molar-refractivity contribution in [3.63, 3.8) is 0 Å². The molecule has 0 radical (unpaired) electrons. The molecule has 6 nitrogen and oxygen atoms in total. The number of carbonyl (C=O) groups is 2. The van der Waals surface area contributed by atoms with Gasteiger partial charge in [-0.3, -0.25) is 0 Å².